The van der Waals surface area contributed by atoms with Gasteiger partial charge >= 0.3 is 23.9 Å². The molecule has 3 rings (SSSR count). The van der Waals surface area contributed by atoms with E-state index < -0.39 is 104 Å². The number of nitrogens with one attached hydrogen (secondary N) is 1. The maximum absolute atomic E-state index is 12.3. The third kappa shape index (κ3) is 10.6. The predicted octanol–water partition coefficient (Wildman–Crippen LogP) is 0.899. The van der Waals surface area contributed by atoms with Crippen LogP contribution in [0.5, 0.6) is 0 Å². The molecule has 0 aromatic heterocycles. The molecule has 0 aromatic carbocycles. The zero-order valence-corrected chi connectivity index (χ0v) is 27.8. The molecular formula is C30H47NO15. The molecule has 3 fully saturated rings. The third-order valence-corrected chi connectivity index (χ3v) is 7.21. The average molecular weight is 662 g/mol. The monoisotopic (exact) mass is 661 g/mol. The maximum Gasteiger partial charge on any atom is 0.303 e. The lowest BCUT2D eigenvalue weighted by Crippen LogP contribution is -2.67. The van der Waals surface area contributed by atoms with Crippen LogP contribution >= 0.6 is 0 Å². The van der Waals surface area contributed by atoms with Crippen LogP contribution in [0.1, 0.15) is 68.7 Å². The lowest BCUT2D eigenvalue weighted by atomic mass is 9.96. The highest BCUT2D eigenvalue weighted by atomic mass is 16.8. The molecule has 262 valence electrons. The zero-order valence-electron chi connectivity index (χ0n) is 27.8. The van der Waals surface area contributed by atoms with Crippen molar-refractivity contribution in [3.05, 3.63) is 0 Å². The van der Waals surface area contributed by atoms with E-state index >= 15 is 0 Å². The van der Waals surface area contributed by atoms with Gasteiger partial charge in [-0.15, -0.1) is 0 Å². The van der Waals surface area contributed by atoms with Gasteiger partial charge < -0.3 is 52.7 Å². The minimum Gasteiger partial charge on any atom is -0.463 e. The molecule has 3 aliphatic heterocycles. The molecule has 1 amide bonds. The molecule has 46 heavy (non-hydrogen) atoms. The summed E-state index contributed by atoms with van der Waals surface area (Å²) in [4.78, 5) is 60.4. The van der Waals surface area contributed by atoms with Crippen LogP contribution in [0.2, 0.25) is 0 Å². The fraction of sp³-hybridized carbons (Fsp3) is 0.833. The summed E-state index contributed by atoms with van der Waals surface area (Å²) in [6, 6.07) is -1.22. The lowest BCUT2D eigenvalue weighted by Gasteiger charge is -2.45. The Labute approximate surface area is 268 Å². The van der Waals surface area contributed by atoms with Gasteiger partial charge in [-0.3, -0.25) is 24.0 Å². The highest BCUT2D eigenvalue weighted by Crippen LogP contribution is 2.40. The van der Waals surface area contributed by atoms with Gasteiger partial charge in [-0.25, -0.2) is 0 Å². The van der Waals surface area contributed by atoms with Crippen molar-refractivity contribution in [2.75, 3.05) is 19.8 Å². The summed E-state index contributed by atoms with van der Waals surface area (Å²) in [6.07, 6.45) is -8.58. The molecule has 0 spiro atoms. The van der Waals surface area contributed by atoms with Crippen molar-refractivity contribution in [2.45, 2.75) is 136 Å². The van der Waals surface area contributed by atoms with E-state index in [-0.39, 0.29) is 6.61 Å². The molecule has 0 radical (unpaired) electrons. The number of fused-ring (bicyclic) bond motifs is 1. The Morgan fingerprint density at radius 1 is 0.804 bits per heavy atom. The Morgan fingerprint density at radius 2 is 1.46 bits per heavy atom. The predicted molar refractivity (Wildman–Crippen MR) is 153 cm³/mol. The molecule has 10 atom stereocenters. The molecule has 0 saturated carbocycles. The van der Waals surface area contributed by atoms with Gasteiger partial charge in [0.1, 0.15) is 37.1 Å². The van der Waals surface area contributed by atoms with E-state index in [0.717, 1.165) is 20.3 Å². The Hall–Kier alpha value is -2.89. The SMILES string of the molecule is CC(=O)N[C@@H]1[C@@H](OCC(OC(C)=O)[C@@H]2O[C@H]3OC(C)(C)O[C@H]3[C@@H]2OCCC(C)C)O[C@@H](COC(C)=O)[C@H](OC(C)=O)[C@H]1OC(C)=O. The summed E-state index contributed by atoms with van der Waals surface area (Å²) in [5, 5.41) is 2.63. The maximum atomic E-state index is 12.3. The van der Waals surface area contributed by atoms with Crippen molar-refractivity contribution in [2.24, 2.45) is 5.92 Å². The largest absolute Gasteiger partial charge is 0.463 e. The minimum atomic E-state index is -1.38. The van der Waals surface area contributed by atoms with E-state index in [1.54, 1.807) is 13.8 Å². The quantitative estimate of drug-likeness (QED) is 0.204. The summed E-state index contributed by atoms with van der Waals surface area (Å²) in [5.41, 5.74) is 0. The molecule has 3 heterocycles. The van der Waals surface area contributed by atoms with Gasteiger partial charge in [0.15, 0.2) is 36.7 Å². The van der Waals surface area contributed by atoms with Crippen molar-refractivity contribution in [3.63, 3.8) is 0 Å². The number of carbonyl (C=O) groups excluding carboxylic acids is 5. The Bertz CT molecular complexity index is 1100. The molecule has 0 aliphatic carbocycles. The van der Waals surface area contributed by atoms with Crippen molar-refractivity contribution < 1.29 is 71.3 Å². The van der Waals surface area contributed by atoms with Crippen LogP contribution in [0.15, 0.2) is 0 Å². The minimum absolute atomic E-state index is 0.358. The number of amides is 1. The van der Waals surface area contributed by atoms with E-state index in [1.807, 2.05) is 0 Å². The molecule has 16 nitrogen and oxygen atoms in total. The highest BCUT2D eigenvalue weighted by Gasteiger charge is 2.58. The molecule has 3 saturated heterocycles. The molecule has 1 unspecified atom stereocenters. The average Bonchev–Trinajstić information content (AvgIpc) is 3.38. The Balaban J connectivity index is 1.91. The number of hydrogen-bond donors (Lipinski definition) is 1. The second-order valence-electron chi connectivity index (χ2n) is 12.3. The summed E-state index contributed by atoms with van der Waals surface area (Å²) in [7, 11) is 0. The fourth-order valence-electron chi connectivity index (χ4n) is 5.46. The summed E-state index contributed by atoms with van der Waals surface area (Å²) in [6.45, 7) is 13.1. The standard InChI is InChI=1S/C30H47NO15/c1-14(2)10-11-37-26-24(44-29-27(26)45-30(8,9)46-29)20(40-17(5)34)13-39-28-22(31-15(3)32)25(42-19(7)36)23(41-18(6)35)21(43-28)12-38-16(4)33/h14,20-29H,10-13H2,1-9H3,(H,31,32)/t20?,21-,22-,23-,24-,25-,26+,27-,28-,29-/m0/s1. The Morgan fingerprint density at radius 3 is 2.02 bits per heavy atom. The van der Waals surface area contributed by atoms with E-state index in [2.05, 4.69) is 19.2 Å². The van der Waals surface area contributed by atoms with Crippen LogP contribution in [0.3, 0.4) is 0 Å². The first kappa shape index (κ1) is 37.6. The van der Waals surface area contributed by atoms with E-state index in [9.17, 15) is 24.0 Å². The van der Waals surface area contributed by atoms with E-state index in [0.29, 0.717) is 12.5 Å². The van der Waals surface area contributed by atoms with Crippen LogP contribution in [0, 0.1) is 5.92 Å². The van der Waals surface area contributed by atoms with Crippen LogP contribution < -0.4 is 5.32 Å². The van der Waals surface area contributed by atoms with Gasteiger partial charge in [-0.2, -0.15) is 0 Å². The summed E-state index contributed by atoms with van der Waals surface area (Å²) >= 11 is 0. The van der Waals surface area contributed by atoms with Crippen molar-refractivity contribution >= 4 is 29.8 Å². The number of esters is 4. The van der Waals surface area contributed by atoms with Gasteiger partial charge in [-0.1, -0.05) is 13.8 Å². The summed E-state index contributed by atoms with van der Waals surface area (Å²) in [5.74, 6) is -3.90. The second-order valence-corrected chi connectivity index (χ2v) is 12.3. The first-order valence-electron chi connectivity index (χ1n) is 15.3. The lowest BCUT2D eigenvalue weighted by molar-refractivity contribution is -0.287. The van der Waals surface area contributed by atoms with E-state index in [1.165, 1.54) is 20.8 Å². The molecule has 16 heteroatoms. The molecule has 0 aromatic rings. The highest BCUT2D eigenvalue weighted by molar-refractivity contribution is 5.73. The summed E-state index contributed by atoms with van der Waals surface area (Å²) < 4.78 is 58.3. The first-order valence-corrected chi connectivity index (χ1v) is 15.3. The molecular weight excluding hydrogens is 614 g/mol. The van der Waals surface area contributed by atoms with E-state index in [4.69, 9.17) is 47.4 Å². The van der Waals surface area contributed by atoms with Crippen molar-refractivity contribution in [1.82, 2.24) is 5.32 Å². The van der Waals surface area contributed by atoms with Gasteiger partial charge in [0.05, 0.1) is 6.61 Å². The number of rotatable bonds is 14. The zero-order chi connectivity index (χ0) is 34.3. The van der Waals surface area contributed by atoms with Crippen LogP contribution in [0.4, 0.5) is 0 Å². The van der Waals surface area contributed by atoms with Gasteiger partial charge in [-0.05, 0) is 26.2 Å². The van der Waals surface area contributed by atoms with Crippen LogP contribution in [-0.4, -0.2) is 117 Å². The molecule has 3 aliphatic rings. The number of ether oxygens (including phenoxy) is 10. The Kier molecular flexibility index (Phi) is 13.3. The second kappa shape index (κ2) is 16.3. The topological polar surface area (TPSA) is 190 Å². The van der Waals surface area contributed by atoms with Crippen LogP contribution in [0.25, 0.3) is 0 Å². The number of carbonyl (C=O) groups is 5. The normalized spacial score (nSPS) is 32.3. The fourth-order valence-corrected chi connectivity index (χ4v) is 5.46. The molecule has 1 N–H and O–H groups in total. The van der Waals surface area contributed by atoms with Crippen LogP contribution in [-0.2, 0) is 71.3 Å². The van der Waals surface area contributed by atoms with Gasteiger partial charge in [0, 0.05) is 41.2 Å². The van der Waals surface area contributed by atoms with Gasteiger partial charge in [0.2, 0.25) is 5.91 Å². The first-order chi connectivity index (χ1) is 21.5. The van der Waals surface area contributed by atoms with Crippen molar-refractivity contribution in [1.29, 1.82) is 0 Å². The molecule has 0 bridgehead atoms. The smallest absolute Gasteiger partial charge is 0.303 e. The van der Waals surface area contributed by atoms with Crippen molar-refractivity contribution in [3.8, 4) is 0 Å². The van der Waals surface area contributed by atoms with Gasteiger partial charge in [0.25, 0.3) is 0 Å². The third-order valence-electron chi connectivity index (χ3n) is 7.21. The number of hydrogen-bond acceptors (Lipinski definition) is 15.